The van der Waals surface area contributed by atoms with Crippen LogP contribution in [0.1, 0.15) is 12.6 Å². The van der Waals surface area contributed by atoms with Crippen LogP contribution in [0, 0.1) is 6.92 Å². The number of hydrogen-bond acceptors (Lipinski definition) is 2. The topological polar surface area (TPSA) is 39.3 Å². The molecule has 1 heterocycles. The van der Waals surface area contributed by atoms with Crippen LogP contribution in [0.2, 0.25) is 0 Å². The predicted octanol–water partition coefficient (Wildman–Crippen LogP) is 2.21. The van der Waals surface area contributed by atoms with E-state index in [1.54, 1.807) is 17.8 Å². The maximum Gasteiger partial charge on any atom is 0.297 e. The van der Waals surface area contributed by atoms with Crippen molar-refractivity contribution < 1.29 is 0 Å². The molecule has 0 aliphatic heterocycles. The molecule has 0 unspecified atom stereocenters. The van der Waals surface area contributed by atoms with Gasteiger partial charge in [-0.3, -0.25) is 14.5 Å². The first kappa shape index (κ1) is 11.4. The van der Waals surface area contributed by atoms with Gasteiger partial charge in [0.25, 0.3) is 5.56 Å². The summed E-state index contributed by atoms with van der Waals surface area (Å²) in [7, 11) is 1.86. The van der Waals surface area contributed by atoms with Gasteiger partial charge < -0.3 is 0 Å². The van der Waals surface area contributed by atoms with Crippen LogP contribution in [-0.4, -0.2) is 15.6 Å². The highest BCUT2D eigenvalue weighted by Gasteiger charge is 2.14. The summed E-state index contributed by atoms with van der Waals surface area (Å²) in [6.07, 6.45) is 1.64. The lowest BCUT2D eigenvalue weighted by Crippen LogP contribution is -2.19. The van der Waals surface area contributed by atoms with E-state index in [2.05, 4.69) is 4.99 Å². The van der Waals surface area contributed by atoms with Gasteiger partial charge in [-0.2, -0.15) is 0 Å². The van der Waals surface area contributed by atoms with Crippen LogP contribution < -0.4 is 5.56 Å². The van der Waals surface area contributed by atoms with Crippen molar-refractivity contribution in [3.63, 3.8) is 0 Å². The number of benzene rings is 1. The highest BCUT2D eigenvalue weighted by atomic mass is 16.1. The summed E-state index contributed by atoms with van der Waals surface area (Å²) in [6.45, 7) is 3.70. The second kappa shape index (κ2) is 4.41. The first-order valence-corrected chi connectivity index (χ1v) is 5.49. The summed E-state index contributed by atoms with van der Waals surface area (Å²) in [5.74, 6) is 0. The van der Waals surface area contributed by atoms with Crippen LogP contribution in [0.25, 0.3) is 5.69 Å². The van der Waals surface area contributed by atoms with Gasteiger partial charge in [0.15, 0.2) is 5.69 Å². The van der Waals surface area contributed by atoms with Crippen molar-refractivity contribution in [2.24, 2.45) is 12.0 Å². The Hall–Kier alpha value is -2.10. The SMILES string of the molecule is CC=Nc1c(C)n(C)n(-c2ccccc2)c1=O. The number of hydrogen-bond donors (Lipinski definition) is 0. The zero-order valence-corrected chi connectivity index (χ0v) is 10.2. The molecule has 4 heteroatoms. The Morgan fingerprint density at radius 2 is 1.88 bits per heavy atom. The molecule has 0 radical (unpaired) electrons. The van der Waals surface area contributed by atoms with Gasteiger partial charge in [0.1, 0.15) is 0 Å². The Balaban J connectivity index is 2.73. The molecule has 0 atom stereocenters. The van der Waals surface area contributed by atoms with Gasteiger partial charge in [0, 0.05) is 13.3 Å². The van der Waals surface area contributed by atoms with E-state index in [4.69, 9.17) is 0 Å². The van der Waals surface area contributed by atoms with Gasteiger partial charge in [-0.15, -0.1) is 0 Å². The summed E-state index contributed by atoms with van der Waals surface area (Å²) >= 11 is 0. The molecular weight excluding hydrogens is 214 g/mol. The van der Waals surface area contributed by atoms with Crippen molar-refractivity contribution in [3.8, 4) is 5.69 Å². The molecule has 0 N–H and O–H groups in total. The van der Waals surface area contributed by atoms with Crippen LogP contribution in [0.15, 0.2) is 40.1 Å². The largest absolute Gasteiger partial charge is 0.297 e. The molecule has 0 aliphatic carbocycles. The van der Waals surface area contributed by atoms with Gasteiger partial charge in [-0.25, -0.2) is 4.68 Å². The Morgan fingerprint density at radius 1 is 1.24 bits per heavy atom. The van der Waals surface area contributed by atoms with E-state index in [1.165, 1.54) is 0 Å². The summed E-state index contributed by atoms with van der Waals surface area (Å²) in [6, 6.07) is 9.55. The van der Waals surface area contributed by atoms with E-state index in [1.807, 2.05) is 49.0 Å². The molecule has 4 nitrogen and oxygen atoms in total. The van der Waals surface area contributed by atoms with E-state index in [9.17, 15) is 4.79 Å². The van der Waals surface area contributed by atoms with Crippen molar-refractivity contribution in [2.75, 3.05) is 0 Å². The van der Waals surface area contributed by atoms with Crippen molar-refractivity contribution in [1.29, 1.82) is 0 Å². The van der Waals surface area contributed by atoms with Crippen molar-refractivity contribution in [2.45, 2.75) is 13.8 Å². The van der Waals surface area contributed by atoms with Crippen molar-refractivity contribution in [3.05, 3.63) is 46.4 Å². The average Bonchev–Trinajstić information content (AvgIpc) is 2.55. The van der Waals surface area contributed by atoms with Crippen LogP contribution in [-0.2, 0) is 7.05 Å². The zero-order valence-electron chi connectivity index (χ0n) is 10.2. The zero-order chi connectivity index (χ0) is 12.4. The first-order chi connectivity index (χ1) is 8.16. The minimum atomic E-state index is -0.0886. The fraction of sp³-hybridized carbons (Fsp3) is 0.231. The molecule has 0 spiro atoms. The van der Waals surface area contributed by atoms with Crippen LogP contribution >= 0.6 is 0 Å². The Kier molecular flexibility index (Phi) is 2.95. The molecule has 0 saturated heterocycles. The molecule has 0 aliphatic rings. The van der Waals surface area contributed by atoms with Crippen LogP contribution in [0.5, 0.6) is 0 Å². The minimum Gasteiger partial charge on any atom is -0.283 e. The van der Waals surface area contributed by atoms with Crippen molar-refractivity contribution >= 4 is 11.9 Å². The molecule has 1 aromatic carbocycles. The third-order valence-corrected chi connectivity index (χ3v) is 2.78. The third kappa shape index (κ3) is 1.82. The van der Waals surface area contributed by atoms with E-state index in [-0.39, 0.29) is 5.56 Å². The highest BCUT2D eigenvalue weighted by molar-refractivity contribution is 5.61. The number of nitrogens with zero attached hydrogens (tertiary/aromatic N) is 3. The number of para-hydroxylation sites is 1. The predicted molar refractivity (Wildman–Crippen MR) is 69.6 cm³/mol. The van der Waals surface area contributed by atoms with Gasteiger partial charge in [0.2, 0.25) is 0 Å². The van der Waals surface area contributed by atoms with Crippen molar-refractivity contribution in [1.82, 2.24) is 9.36 Å². The van der Waals surface area contributed by atoms with Gasteiger partial charge in [-0.05, 0) is 26.0 Å². The van der Waals surface area contributed by atoms with Gasteiger partial charge in [-0.1, -0.05) is 18.2 Å². The maximum absolute atomic E-state index is 12.2. The summed E-state index contributed by atoms with van der Waals surface area (Å²) in [4.78, 5) is 16.4. The summed E-state index contributed by atoms with van der Waals surface area (Å²) in [5.41, 5.74) is 2.12. The summed E-state index contributed by atoms with van der Waals surface area (Å²) < 4.78 is 3.44. The standard InChI is InChI=1S/C13H15N3O/c1-4-14-12-10(2)15(3)16(13(12)17)11-8-6-5-7-9-11/h4-9H,1-3H3. The maximum atomic E-state index is 12.2. The molecule has 0 amide bonds. The number of aliphatic imine (C=N–C) groups is 1. The second-order valence-corrected chi connectivity index (χ2v) is 3.80. The molecular formula is C13H15N3O. The third-order valence-electron chi connectivity index (χ3n) is 2.78. The molecule has 0 saturated carbocycles. The Bertz CT molecular complexity index is 606. The quantitative estimate of drug-likeness (QED) is 0.728. The molecule has 0 bridgehead atoms. The number of aromatic nitrogens is 2. The smallest absolute Gasteiger partial charge is 0.283 e. The lowest BCUT2D eigenvalue weighted by atomic mass is 10.3. The fourth-order valence-corrected chi connectivity index (χ4v) is 1.83. The molecule has 88 valence electrons. The molecule has 2 rings (SSSR count). The van der Waals surface area contributed by atoms with E-state index in [0.717, 1.165) is 11.4 Å². The Labute approximate surface area is 99.8 Å². The molecule has 0 fully saturated rings. The summed E-state index contributed by atoms with van der Waals surface area (Å²) in [5, 5.41) is 0. The lowest BCUT2D eigenvalue weighted by Gasteiger charge is -2.07. The normalized spacial score (nSPS) is 11.2. The van der Waals surface area contributed by atoms with Gasteiger partial charge >= 0.3 is 0 Å². The molecule has 1 aromatic heterocycles. The molecule has 2 aromatic rings. The van der Waals surface area contributed by atoms with E-state index in [0.29, 0.717) is 5.69 Å². The van der Waals surface area contributed by atoms with Crippen LogP contribution in [0.4, 0.5) is 5.69 Å². The first-order valence-electron chi connectivity index (χ1n) is 5.49. The average molecular weight is 229 g/mol. The molecule has 17 heavy (non-hydrogen) atoms. The van der Waals surface area contributed by atoms with Gasteiger partial charge in [0.05, 0.1) is 11.4 Å². The number of rotatable bonds is 2. The van der Waals surface area contributed by atoms with E-state index >= 15 is 0 Å². The second-order valence-electron chi connectivity index (χ2n) is 3.80. The Morgan fingerprint density at radius 3 is 2.47 bits per heavy atom. The monoisotopic (exact) mass is 229 g/mol. The fourth-order valence-electron chi connectivity index (χ4n) is 1.83. The van der Waals surface area contributed by atoms with E-state index < -0.39 is 0 Å². The van der Waals surface area contributed by atoms with Crippen LogP contribution in [0.3, 0.4) is 0 Å². The lowest BCUT2D eigenvalue weighted by molar-refractivity contribution is 0.630. The minimum absolute atomic E-state index is 0.0886. The highest BCUT2D eigenvalue weighted by Crippen LogP contribution is 2.15.